The second-order valence-electron chi connectivity index (χ2n) is 18.3. The molecule has 5 aromatic rings. The molecule has 16 nitrogen and oxygen atoms in total. The molecule has 3 aromatic carbocycles. The predicted molar refractivity (Wildman–Crippen MR) is 262 cm³/mol. The lowest BCUT2D eigenvalue weighted by Crippen LogP contribution is -2.52. The number of methoxy groups -OCH3 is 1. The van der Waals surface area contributed by atoms with Crippen LogP contribution in [0, 0.1) is 30.0 Å². The van der Waals surface area contributed by atoms with E-state index in [4.69, 9.17) is 14.5 Å². The van der Waals surface area contributed by atoms with Gasteiger partial charge in [0.05, 0.1) is 40.4 Å². The van der Waals surface area contributed by atoms with Crippen LogP contribution in [-0.4, -0.2) is 120 Å². The SMILES string of the molecule is COc1cc(N2CCC3(CCN(CCOCC#Cc4cc(F)cc5c4CN(C4CCC(=O)NC4=O)C5=O)CC3)CC2)c(C)cc1Nc1ncc(Br)c(Nc2ccc3nccnc3c2P(C)(C)=O)n1. The molecule has 9 rings (SSSR count). The van der Waals surface area contributed by atoms with Crippen LogP contribution in [0.25, 0.3) is 11.0 Å². The highest BCUT2D eigenvalue weighted by molar-refractivity contribution is 9.10. The van der Waals surface area contributed by atoms with E-state index >= 15 is 0 Å². The van der Waals surface area contributed by atoms with Gasteiger partial charge >= 0.3 is 0 Å². The van der Waals surface area contributed by atoms with Crippen molar-refractivity contribution in [3.8, 4) is 17.6 Å². The maximum atomic E-state index is 14.6. The third-order valence-electron chi connectivity index (χ3n) is 13.6. The van der Waals surface area contributed by atoms with Crippen LogP contribution in [0.4, 0.5) is 33.2 Å². The van der Waals surface area contributed by atoms with Gasteiger partial charge in [0.1, 0.15) is 42.7 Å². The molecule has 1 unspecified atom stereocenters. The number of carbonyl (C=O) groups is 3. The van der Waals surface area contributed by atoms with E-state index in [9.17, 15) is 23.3 Å². The fourth-order valence-electron chi connectivity index (χ4n) is 9.87. The summed E-state index contributed by atoms with van der Waals surface area (Å²) in [5.74, 6) is 5.61. The van der Waals surface area contributed by atoms with Gasteiger partial charge in [-0.25, -0.2) is 9.37 Å². The van der Waals surface area contributed by atoms with E-state index in [1.807, 2.05) is 12.1 Å². The Hall–Kier alpha value is -5.99. The van der Waals surface area contributed by atoms with Gasteiger partial charge in [-0.05, 0) is 123 Å². The number of hydrogen-bond donors (Lipinski definition) is 3. The lowest BCUT2D eigenvalue weighted by Gasteiger charge is -2.47. The molecule has 3 fully saturated rings. The number of amides is 3. The first-order chi connectivity index (χ1) is 32.7. The van der Waals surface area contributed by atoms with E-state index in [-0.39, 0.29) is 37.5 Å². The molecule has 1 atom stereocenters. The number of fused-ring (bicyclic) bond motifs is 2. The number of hydrogen-bond acceptors (Lipinski definition) is 14. The number of nitrogens with one attached hydrogen (secondary N) is 3. The molecule has 0 radical (unpaired) electrons. The van der Waals surface area contributed by atoms with Crippen LogP contribution in [0.15, 0.2) is 59.5 Å². The number of benzene rings is 3. The summed E-state index contributed by atoms with van der Waals surface area (Å²) in [5.41, 5.74) is 6.34. The van der Waals surface area contributed by atoms with Crippen LogP contribution in [0.2, 0.25) is 0 Å². The maximum Gasteiger partial charge on any atom is 0.255 e. The molecule has 6 heterocycles. The minimum Gasteiger partial charge on any atom is -0.494 e. The van der Waals surface area contributed by atoms with Gasteiger partial charge in [0.25, 0.3) is 5.91 Å². The third kappa shape index (κ3) is 9.94. The number of nitrogens with zero attached hydrogens (tertiary/aromatic N) is 7. The molecule has 0 bridgehead atoms. The summed E-state index contributed by atoms with van der Waals surface area (Å²) in [6.07, 6.45) is 9.73. The number of imide groups is 1. The molecule has 2 aromatic heterocycles. The van der Waals surface area contributed by atoms with Crippen LogP contribution in [0.3, 0.4) is 0 Å². The number of ether oxygens (including phenoxy) is 2. The number of aromatic nitrogens is 4. The van der Waals surface area contributed by atoms with Gasteiger partial charge in [0, 0.05) is 79.6 Å². The monoisotopic (exact) mass is 1010 g/mol. The average molecular weight is 1010 g/mol. The van der Waals surface area contributed by atoms with Crippen molar-refractivity contribution in [2.45, 2.75) is 58.0 Å². The first-order valence-corrected chi connectivity index (χ1v) is 26.1. The highest BCUT2D eigenvalue weighted by atomic mass is 79.9. The first-order valence-electron chi connectivity index (χ1n) is 22.7. The second kappa shape index (κ2) is 19.6. The predicted octanol–water partition coefficient (Wildman–Crippen LogP) is 6.89. The normalized spacial score (nSPS) is 18.3. The molecular weight excluding hydrogens is 954 g/mol. The molecule has 0 saturated carbocycles. The molecule has 4 aliphatic heterocycles. The van der Waals surface area contributed by atoms with Crippen LogP contribution >= 0.6 is 23.1 Å². The summed E-state index contributed by atoms with van der Waals surface area (Å²) in [6, 6.07) is 9.57. The van der Waals surface area contributed by atoms with E-state index in [1.54, 1.807) is 39.0 Å². The molecular formula is C49H53BrFN10O6P. The minimum absolute atomic E-state index is 0.128. The number of likely N-dealkylation sites (tertiary alicyclic amines) is 1. The average Bonchev–Trinajstić information content (AvgIpc) is 3.64. The molecule has 19 heteroatoms. The summed E-state index contributed by atoms with van der Waals surface area (Å²) in [5, 5.41) is 9.62. The molecule has 3 amide bonds. The number of carbonyl (C=O) groups excluding carboxylic acids is 3. The van der Waals surface area contributed by atoms with E-state index in [0.29, 0.717) is 67.2 Å². The van der Waals surface area contributed by atoms with E-state index in [0.717, 1.165) is 75.3 Å². The maximum absolute atomic E-state index is 14.6. The highest BCUT2D eigenvalue weighted by Gasteiger charge is 2.41. The molecule has 0 aliphatic carbocycles. The zero-order valence-electron chi connectivity index (χ0n) is 38.5. The summed E-state index contributed by atoms with van der Waals surface area (Å²) in [6.45, 7) is 11.0. The van der Waals surface area contributed by atoms with E-state index in [2.05, 4.69) is 87.5 Å². The molecule has 3 saturated heterocycles. The standard InChI is InChI=1S/C49H53BrFN10O6P/c1-30-24-38(56-48-54-28-35(50)45(58-48)55-37-8-7-36-43(53-16-15-52-36)44(37)68(3,4)65)41(66-2)27-40(30)60-19-13-49(14-20-60)11-17-59(18-12-49)21-23-67-22-5-6-31-25-32(51)26-33-34(31)29-61(47(33)64)39-9-10-42(62)57-46(39)63/h7-8,15-16,24-28,39H,9-14,17-23,29H2,1-4H3,(H,57,62,63)(H2,54,55,56,58). The molecule has 68 heavy (non-hydrogen) atoms. The van der Waals surface area contributed by atoms with Crippen LogP contribution in [0.5, 0.6) is 5.75 Å². The lowest BCUT2D eigenvalue weighted by atomic mass is 9.71. The smallest absolute Gasteiger partial charge is 0.255 e. The van der Waals surface area contributed by atoms with Gasteiger partial charge in [0.2, 0.25) is 17.8 Å². The molecule has 1 spiro atoms. The van der Waals surface area contributed by atoms with Gasteiger partial charge in [0.15, 0.2) is 0 Å². The molecule has 3 N–H and O–H groups in total. The summed E-state index contributed by atoms with van der Waals surface area (Å²) >= 11 is 3.58. The Kier molecular flexibility index (Phi) is 13.5. The largest absolute Gasteiger partial charge is 0.494 e. The van der Waals surface area contributed by atoms with E-state index in [1.165, 1.54) is 17.0 Å². The molecule has 354 valence electrons. The summed E-state index contributed by atoms with van der Waals surface area (Å²) in [4.78, 5) is 61.8. The van der Waals surface area contributed by atoms with Crippen molar-refractivity contribution in [1.82, 2.24) is 35.1 Å². The fraction of sp³-hybridized carbons (Fsp3) is 0.408. The quantitative estimate of drug-likeness (QED) is 0.0509. The Morgan fingerprint density at radius 1 is 0.985 bits per heavy atom. The van der Waals surface area contributed by atoms with Crippen LogP contribution in [-0.2, 0) is 25.4 Å². The Labute approximate surface area is 402 Å². The number of piperidine rings is 3. The number of anilines is 5. The van der Waals surface area contributed by atoms with Gasteiger partial charge in [-0.1, -0.05) is 11.8 Å². The topological polar surface area (TPSA) is 184 Å². The Bertz CT molecular complexity index is 2920. The second-order valence-corrected chi connectivity index (χ2v) is 22.3. The van der Waals surface area contributed by atoms with Crippen LogP contribution < -0.4 is 30.9 Å². The number of rotatable bonds is 12. The van der Waals surface area contributed by atoms with E-state index < -0.39 is 30.8 Å². The van der Waals surface area contributed by atoms with Gasteiger partial charge in [-0.15, -0.1) is 0 Å². The summed E-state index contributed by atoms with van der Waals surface area (Å²) in [7, 11) is -1.12. The Morgan fingerprint density at radius 3 is 2.50 bits per heavy atom. The summed E-state index contributed by atoms with van der Waals surface area (Å²) < 4.78 is 40.5. The van der Waals surface area contributed by atoms with Gasteiger partial charge < -0.3 is 39.4 Å². The highest BCUT2D eigenvalue weighted by Crippen LogP contribution is 2.45. The van der Waals surface area contributed by atoms with Crippen molar-refractivity contribution in [3.05, 3.63) is 87.5 Å². The van der Waals surface area contributed by atoms with Gasteiger partial charge in [-0.3, -0.25) is 29.7 Å². The van der Waals surface area contributed by atoms with Crippen molar-refractivity contribution < 1.29 is 32.8 Å². The Morgan fingerprint density at radius 2 is 1.75 bits per heavy atom. The zero-order chi connectivity index (χ0) is 47.7. The first kappa shape index (κ1) is 47.1. The minimum atomic E-state index is -2.78. The lowest BCUT2D eigenvalue weighted by molar-refractivity contribution is -0.136. The van der Waals surface area contributed by atoms with Crippen molar-refractivity contribution in [2.24, 2.45) is 5.41 Å². The van der Waals surface area contributed by atoms with Crippen molar-refractivity contribution in [2.75, 3.05) is 81.9 Å². The third-order valence-corrected chi connectivity index (χ3v) is 15.7. The van der Waals surface area contributed by atoms with Crippen molar-refractivity contribution >= 4 is 86.0 Å². The van der Waals surface area contributed by atoms with Gasteiger partial charge in [-0.2, -0.15) is 4.98 Å². The fourth-order valence-corrected chi connectivity index (χ4v) is 11.6. The zero-order valence-corrected chi connectivity index (χ0v) is 40.9. The molecule has 4 aliphatic rings. The van der Waals surface area contributed by atoms with Crippen molar-refractivity contribution in [3.63, 3.8) is 0 Å². The Balaban J connectivity index is 0.757. The van der Waals surface area contributed by atoms with Crippen molar-refractivity contribution in [1.29, 1.82) is 0 Å². The number of aryl methyl sites for hydroxylation is 1. The number of halogens is 2. The van der Waals surface area contributed by atoms with Crippen LogP contribution in [0.1, 0.15) is 65.6 Å².